The van der Waals surface area contributed by atoms with E-state index in [0.717, 1.165) is 38.4 Å². The van der Waals surface area contributed by atoms with Gasteiger partial charge >= 0.3 is 0 Å². The topological polar surface area (TPSA) is 111 Å². The number of phenols is 1. The molecular formula is C24H25ClN6O3. The first-order chi connectivity index (χ1) is 16.4. The van der Waals surface area contributed by atoms with Crippen LogP contribution in [0.5, 0.6) is 5.75 Å². The molecule has 3 N–H and O–H groups in total. The number of likely N-dealkylation sites (N-methyl/N-ethyl adjacent to an activating group) is 1. The lowest BCUT2D eigenvalue weighted by Crippen LogP contribution is -2.29. The summed E-state index contributed by atoms with van der Waals surface area (Å²) in [5.74, 6) is -0.168. The highest BCUT2D eigenvalue weighted by Gasteiger charge is 2.19. The van der Waals surface area contributed by atoms with E-state index < -0.39 is 11.8 Å². The molecule has 3 heterocycles. The zero-order chi connectivity index (χ0) is 24.1. The minimum Gasteiger partial charge on any atom is -0.506 e. The van der Waals surface area contributed by atoms with Crippen LogP contribution in [0, 0.1) is 0 Å². The molecule has 3 aromatic rings. The minimum atomic E-state index is -0.541. The largest absolute Gasteiger partial charge is 0.506 e. The molecule has 0 unspecified atom stereocenters. The molecule has 0 saturated carbocycles. The summed E-state index contributed by atoms with van der Waals surface area (Å²) in [6.45, 7) is 3.77. The van der Waals surface area contributed by atoms with Crippen LogP contribution in [0.25, 0.3) is 0 Å². The number of rotatable bonds is 5. The van der Waals surface area contributed by atoms with Crippen molar-refractivity contribution < 1.29 is 14.7 Å². The molecule has 1 aliphatic heterocycles. The lowest BCUT2D eigenvalue weighted by Gasteiger charge is -2.21. The number of pyridine rings is 2. The highest BCUT2D eigenvalue weighted by Crippen LogP contribution is 2.28. The van der Waals surface area contributed by atoms with Gasteiger partial charge in [0.25, 0.3) is 11.8 Å². The van der Waals surface area contributed by atoms with Gasteiger partial charge in [0.1, 0.15) is 17.4 Å². The second-order valence-electron chi connectivity index (χ2n) is 8.02. The Balaban J connectivity index is 1.48. The maximum absolute atomic E-state index is 12.9. The molecule has 1 aliphatic rings. The third-order valence-corrected chi connectivity index (χ3v) is 5.77. The molecule has 2 aromatic heterocycles. The average molecular weight is 481 g/mol. The van der Waals surface area contributed by atoms with Crippen molar-refractivity contribution in [1.82, 2.24) is 14.9 Å². The lowest BCUT2D eigenvalue weighted by molar-refractivity contribution is 0.102. The summed E-state index contributed by atoms with van der Waals surface area (Å²) in [5, 5.41) is 16.0. The van der Waals surface area contributed by atoms with Gasteiger partial charge in [-0.15, -0.1) is 0 Å². The summed E-state index contributed by atoms with van der Waals surface area (Å²) < 4.78 is 0. The first kappa shape index (κ1) is 23.5. The second-order valence-corrected chi connectivity index (χ2v) is 8.45. The Kier molecular flexibility index (Phi) is 7.24. The normalized spacial score (nSPS) is 14.4. The van der Waals surface area contributed by atoms with Crippen molar-refractivity contribution in [1.29, 1.82) is 0 Å². The number of hydrogen-bond donors (Lipinski definition) is 3. The molecule has 4 rings (SSSR count). The summed E-state index contributed by atoms with van der Waals surface area (Å²) in [4.78, 5) is 38.6. The van der Waals surface area contributed by atoms with E-state index in [1.54, 1.807) is 18.2 Å². The summed E-state index contributed by atoms with van der Waals surface area (Å²) in [6, 6.07) is 11.0. The number of para-hydroxylation sites is 1. The fourth-order valence-electron chi connectivity index (χ4n) is 3.66. The molecule has 9 nitrogen and oxygen atoms in total. The number of phenolic OH excluding ortho intramolecular Hbond substituents is 1. The molecule has 176 valence electrons. The quantitative estimate of drug-likeness (QED) is 0.479. The lowest BCUT2D eigenvalue weighted by atomic mass is 10.1. The van der Waals surface area contributed by atoms with Crippen molar-refractivity contribution in [3.8, 4) is 5.75 Å². The summed E-state index contributed by atoms with van der Waals surface area (Å²) in [6.07, 6.45) is 3.95. The minimum absolute atomic E-state index is 0.00130. The number of nitrogens with zero attached hydrogens (tertiary/aromatic N) is 4. The van der Waals surface area contributed by atoms with E-state index in [9.17, 15) is 14.7 Å². The standard InChI is InChI=1S/C24H25ClN6O3/c1-30-10-3-11-31(13-12-30)21-9-6-16(14-27-21)23(33)29-22-18(4-2-5-19(22)32)24(34)28-20-8-7-17(25)15-26-20/h2,4-9,14-15,32H,3,10-13H2,1H3,(H,29,33)(H,26,28,34). The number of anilines is 3. The van der Waals surface area contributed by atoms with E-state index in [-0.39, 0.29) is 22.8 Å². The highest BCUT2D eigenvalue weighted by molar-refractivity contribution is 6.30. The molecule has 1 saturated heterocycles. The van der Waals surface area contributed by atoms with Gasteiger partial charge in [0.2, 0.25) is 0 Å². The van der Waals surface area contributed by atoms with Gasteiger partial charge in [-0.05, 0) is 56.4 Å². The Morgan fingerprint density at radius 3 is 2.53 bits per heavy atom. The van der Waals surface area contributed by atoms with Crippen LogP contribution >= 0.6 is 11.6 Å². The van der Waals surface area contributed by atoms with Crippen LogP contribution in [0.2, 0.25) is 5.02 Å². The molecule has 10 heteroatoms. The highest BCUT2D eigenvalue weighted by atomic mass is 35.5. The zero-order valence-electron chi connectivity index (χ0n) is 18.7. The Morgan fingerprint density at radius 2 is 1.79 bits per heavy atom. The van der Waals surface area contributed by atoms with E-state index in [2.05, 4.69) is 37.4 Å². The number of carbonyl (C=O) groups is 2. The molecule has 2 amide bonds. The number of halogens is 1. The average Bonchev–Trinajstić information content (AvgIpc) is 3.06. The number of aromatic hydroxyl groups is 1. The number of aromatic nitrogens is 2. The first-order valence-corrected chi connectivity index (χ1v) is 11.2. The molecule has 0 radical (unpaired) electrons. The number of nitrogens with one attached hydrogen (secondary N) is 2. The summed E-state index contributed by atoms with van der Waals surface area (Å²) in [7, 11) is 2.10. The van der Waals surface area contributed by atoms with E-state index in [1.807, 2.05) is 6.07 Å². The Morgan fingerprint density at radius 1 is 0.941 bits per heavy atom. The van der Waals surface area contributed by atoms with Gasteiger partial charge in [0, 0.05) is 32.0 Å². The van der Waals surface area contributed by atoms with Gasteiger partial charge in [0.05, 0.1) is 21.8 Å². The fourth-order valence-corrected chi connectivity index (χ4v) is 3.77. The van der Waals surface area contributed by atoms with Crippen LogP contribution in [0.4, 0.5) is 17.3 Å². The maximum atomic E-state index is 12.9. The molecule has 0 bridgehead atoms. The second kappa shape index (κ2) is 10.5. The van der Waals surface area contributed by atoms with E-state index in [4.69, 9.17) is 11.6 Å². The van der Waals surface area contributed by atoms with Gasteiger partial charge in [-0.3, -0.25) is 9.59 Å². The molecule has 34 heavy (non-hydrogen) atoms. The number of benzene rings is 1. The van der Waals surface area contributed by atoms with Crippen LogP contribution in [0.3, 0.4) is 0 Å². The third kappa shape index (κ3) is 5.62. The van der Waals surface area contributed by atoms with Crippen molar-refractivity contribution in [2.24, 2.45) is 0 Å². The van der Waals surface area contributed by atoms with E-state index >= 15 is 0 Å². The smallest absolute Gasteiger partial charge is 0.259 e. The van der Waals surface area contributed by atoms with Gasteiger partial charge in [0.15, 0.2) is 0 Å². The third-order valence-electron chi connectivity index (χ3n) is 5.55. The first-order valence-electron chi connectivity index (χ1n) is 10.9. The Bertz CT molecular complexity index is 1170. The Hall–Kier alpha value is -3.69. The summed E-state index contributed by atoms with van der Waals surface area (Å²) >= 11 is 5.83. The van der Waals surface area contributed by atoms with Crippen molar-refractivity contribution in [2.75, 3.05) is 48.8 Å². The van der Waals surface area contributed by atoms with E-state index in [0.29, 0.717) is 10.6 Å². The van der Waals surface area contributed by atoms with E-state index in [1.165, 1.54) is 30.6 Å². The van der Waals surface area contributed by atoms with Gasteiger partial charge in [-0.1, -0.05) is 17.7 Å². The number of carbonyl (C=O) groups excluding carboxylic acids is 2. The van der Waals surface area contributed by atoms with Crippen molar-refractivity contribution in [2.45, 2.75) is 6.42 Å². The fraction of sp³-hybridized carbons (Fsp3) is 0.250. The van der Waals surface area contributed by atoms with Crippen LogP contribution < -0.4 is 15.5 Å². The van der Waals surface area contributed by atoms with Crippen LogP contribution in [0.1, 0.15) is 27.1 Å². The molecular weight excluding hydrogens is 456 g/mol. The monoisotopic (exact) mass is 480 g/mol. The molecule has 1 aromatic carbocycles. The molecule has 0 atom stereocenters. The summed E-state index contributed by atoms with van der Waals surface area (Å²) in [5.41, 5.74) is 0.395. The Labute approximate surface area is 202 Å². The van der Waals surface area contributed by atoms with Crippen LogP contribution in [0.15, 0.2) is 54.9 Å². The zero-order valence-corrected chi connectivity index (χ0v) is 19.4. The van der Waals surface area contributed by atoms with Crippen molar-refractivity contribution in [3.05, 3.63) is 71.0 Å². The molecule has 0 aliphatic carbocycles. The van der Waals surface area contributed by atoms with Gasteiger partial charge < -0.3 is 25.5 Å². The predicted octanol–water partition coefficient (Wildman–Crippen LogP) is 3.48. The van der Waals surface area contributed by atoms with Crippen LogP contribution in [-0.4, -0.2) is 65.0 Å². The van der Waals surface area contributed by atoms with Gasteiger partial charge in [-0.2, -0.15) is 0 Å². The molecule has 1 fully saturated rings. The number of hydrogen-bond acceptors (Lipinski definition) is 7. The molecule has 0 spiro atoms. The van der Waals surface area contributed by atoms with Crippen molar-refractivity contribution >= 4 is 40.7 Å². The predicted molar refractivity (Wildman–Crippen MR) is 132 cm³/mol. The van der Waals surface area contributed by atoms with Crippen molar-refractivity contribution in [3.63, 3.8) is 0 Å². The van der Waals surface area contributed by atoms with Crippen LogP contribution in [-0.2, 0) is 0 Å². The maximum Gasteiger partial charge on any atom is 0.259 e. The number of amides is 2. The van der Waals surface area contributed by atoms with Gasteiger partial charge in [-0.25, -0.2) is 9.97 Å². The SMILES string of the molecule is CN1CCCN(c2ccc(C(=O)Nc3c(O)cccc3C(=O)Nc3ccc(Cl)cn3)cn2)CC1.